The smallest absolute Gasteiger partial charge is 0.337 e. The lowest BCUT2D eigenvalue weighted by atomic mass is 9.98. The van der Waals surface area contributed by atoms with E-state index >= 15 is 0 Å². The summed E-state index contributed by atoms with van der Waals surface area (Å²) in [4.78, 5) is 84.7. The molecule has 0 radical (unpaired) electrons. The average Bonchev–Trinajstić information content (AvgIpc) is 3.83. The standard InChI is InChI=1S/C38H40ClN5O10S/c1-20(2)30(32(45)36-40-27-17-12-24(38(50)53-5)19-29(27)54-36)41-35(48)28-7-6-18-44(28)37(49)31(21(3)4)42-33(46)22-8-10-23(11-9-22)34(47)43-55(51,52)26-15-13-25(39)14-16-26/h8-17,19-21,28,30-31H,6-7,18H2,1-5H3,(H,41,48)(H,42,46)(H,43,47)/t28-,30?,31-/m0/s1. The van der Waals surface area contributed by atoms with Crippen LogP contribution in [0.2, 0.25) is 5.02 Å². The van der Waals surface area contributed by atoms with Crippen LogP contribution >= 0.6 is 11.6 Å². The Labute approximate surface area is 322 Å². The molecule has 1 unspecified atom stereocenters. The van der Waals surface area contributed by atoms with Crippen LogP contribution in [0.4, 0.5) is 0 Å². The van der Waals surface area contributed by atoms with Gasteiger partial charge in [0.15, 0.2) is 5.58 Å². The van der Waals surface area contributed by atoms with E-state index in [4.69, 9.17) is 20.8 Å². The highest BCUT2D eigenvalue weighted by atomic mass is 35.5. The van der Waals surface area contributed by atoms with Crippen LogP contribution in [0.5, 0.6) is 0 Å². The Morgan fingerprint density at radius 3 is 2.04 bits per heavy atom. The molecule has 1 aromatic heterocycles. The molecule has 55 heavy (non-hydrogen) atoms. The quantitative estimate of drug-likeness (QED) is 0.129. The number of sulfonamides is 1. The summed E-state index contributed by atoms with van der Waals surface area (Å²) in [6.45, 7) is 7.21. The largest absolute Gasteiger partial charge is 0.465 e. The number of carbonyl (C=O) groups excluding carboxylic acids is 6. The summed E-state index contributed by atoms with van der Waals surface area (Å²) in [5.74, 6) is -4.81. The first-order valence-corrected chi connectivity index (χ1v) is 19.2. The second-order valence-corrected chi connectivity index (χ2v) is 15.8. The molecule has 290 valence electrons. The Balaban J connectivity index is 1.24. The Morgan fingerprint density at radius 1 is 0.836 bits per heavy atom. The Kier molecular flexibility index (Phi) is 12.4. The van der Waals surface area contributed by atoms with Gasteiger partial charge in [-0.25, -0.2) is 22.9 Å². The Morgan fingerprint density at radius 2 is 1.44 bits per heavy atom. The fraction of sp³-hybridized carbons (Fsp3) is 0.342. The third kappa shape index (κ3) is 9.20. The van der Waals surface area contributed by atoms with Gasteiger partial charge >= 0.3 is 5.97 Å². The van der Waals surface area contributed by atoms with Crippen LogP contribution < -0.4 is 15.4 Å². The summed E-state index contributed by atoms with van der Waals surface area (Å²) < 4.78 is 37.6. The molecule has 0 bridgehead atoms. The van der Waals surface area contributed by atoms with Crippen LogP contribution in [-0.2, 0) is 24.3 Å². The number of ketones is 1. The van der Waals surface area contributed by atoms with Gasteiger partial charge in [0.2, 0.25) is 17.6 Å². The van der Waals surface area contributed by atoms with Gasteiger partial charge in [-0.3, -0.25) is 24.0 Å². The lowest BCUT2D eigenvalue weighted by Gasteiger charge is -2.31. The number of carbonyl (C=O) groups is 6. The summed E-state index contributed by atoms with van der Waals surface area (Å²) in [6, 6.07) is 11.9. The first-order chi connectivity index (χ1) is 26.0. The van der Waals surface area contributed by atoms with Gasteiger partial charge in [-0.1, -0.05) is 39.3 Å². The molecule has 1 saturated heterocycles. The molecule has 0 spiro atoms. The minimum Gasteiger partial charge on any atom is -0.465 e. The van der Waals surface area contributed by atoms with E-state index in [0.29, 0.717) is 23.4 Å². The van der Waals surface area contributed by atoms with E-state index in [9.17, 15) is 37.2 Å². The van der Waals surface area contributed by atoms with Gasteiger partial charge in [-0.05, 0) is 91.4 Å². The van der Waals surface area contributed by atoms with Crippen molar-refractivity contribution in [1.29, 1.82) is 0 Å². The number of halogens is 1. The third-order valence-electron chi connectivity index (χ3n) is 9.09. The number of oxazole rings is 1. The highest BCUT2D eigenvalue weighted by Gasteiger charge is 2.40. The highest BCUT2D eigenvalue weighted by Crippen LogP contribution is 2.24. The van der Waals surface area contributed by atoms with E-state index in [2.05, 4.69) is 15.6 Å². The number of benzene rings is 3. The molecule has 1 aliphatic rings. The minimum absolute atomic E-state index is 0.0292. The van der Waals surface area contributed by atoms with Crippen molar-refractivity contribution in [1.82, 2.24) is 25.2 Å². The van der Waals surface area contributed by atoms with Crippen molar-refractivity contribution in [2.24, 2.45) is 11.8 Å². The molecule has 17 heteroatoms. The number of Topliss-reactive ketones (excluding diaryl/α,β-unsaturated/α-hetero) is 1. The average molecular weight is 794 g/mol. The first kappa shape index (κ1) is 40.6. The maximum atomic E-state index is 13.9. The van der Waals surface area contributed by atoms with Crippen molar-refractivity contribution in [3.8, 4) is 0 Å². The fourth-order valence-corrected chi connectivity index (χ4v) is 7.14. The third-order valence-corrected chi connectivity index (χ3v) is 10.7. The number of hydrogen-bond acceptors (Lipinski definition) is 11. The number of methoxy groups -OCH3 is 1. The molecule has 3 N–H and O–H groups in total. The lowest BCUT2D eigenvalue weighted by molar-refractivity contribution is -0.140. The number of likely N-dealkylation sites (tertiary alicyclic amines) is 1. The SMILES string of the molecule is COC(=O)c1ccc2nc(C(=O)C(NC(=O)[C@@H]3CCCN3C(=O)[C@@H](NC(=O)c3ccc(C(=O)NS(=O)(=O)c4ccc(Cl)cc4)cc3)C(C)C)C(C)C)oc2c1. The molecule has 1 fully saturated rings. The molecular formula is C38H40ClN5O10S. The number of ether oxygens (including phenoxy) is 1. The molecule has 0 saturated carbocycles. The van der Waals surface area contributed by atoms with Crippen LogP contribution in [0.25, 0.3) is 11.1 Å². The van der Waals surface area contributed by atoms with Crippen molar-refractivity contribution in [2.45, 2.75) is 63.6 Å². The topological polar surface area (TPSA) is 211 Å². The predicted octanol–water partition coefficient (Wildman–Crippen LogP) is 4.16. The molecule has 15 nitrogen and oxygen atoms in total. The molecule has 3 atom stereocenters. The summed E-state index contributed by atoms with van der Waals surface area (Å²) >= 11 is 5.82. The molecule has 2 heterocycles. The number of aromatic nitrogens is 1. The Bertz CT molecular complexity index is 2240. The number of esters is 1. The van der Waals surface area contributed by atoms with Crippen molar-refractivity contribution in [3.05, 3.63) is 94.3 Å². The molecule has 5 rings (SSSR count). The van der Waals surface area contributed by atoms with E-state index in [1.165, 1.54) is 78.7 Å². The molecule has 3 aromatic carbocycles. The molecule has 1 aliphatic heterocycles. The summed E-state index contributed by atoms with van der Waals surface area (Å²) in [5, 5.41) is 5.84. The van der Waals surface area contributed by atoms with Gasteiger partial charge in [0, 0.05) is 22.7 Å². The minimum atomic E-state index is -4.19. The number of nitrogens with zero attached hydrogens (tertiary/aromatic N) is 2. The molecule has 0 aliphatic carbocycles. The summed E-state index contributed by atoms with van der Waals surface area (Å²) in [7, 11) is -2.95. The van der Waals surface area contributed by atoms with Crippen molar-refractivity contribution in [2.75, 3.05) is 13.7 Å². The predicted molar refractivity (Wildman–Crippen MR) is 200 cm³/mol. The number of nitrogens with one attached hydrogen (secondary N) is 3. The zero-order valence-electron chi connectivity index (χ0n) is 30.6. The van der Waals surface area contributed by atoms with Crippen LogP contribution in [0, 0.1) is 11.8 Å². The number of rotatable bonds is 13. The summed E-state index contributed by atoms with van der Waals surface area (Å²) in [6.07, 6.45) is 0.833. The molecule has 4 amide bonds. The Hall–Kier alpha value is -5.61. The van der Waals surface area contributed by atoms with Crippen molar-refractivity contribution in [3.63, 3.8) is 0 Å². The maximum absolute atomic E-state index is 13.9. The van der Waals surface area contributed by atoms with E-state index in [-0.39, 0.29) is 39.6 Å². The van der Waals surface area contributed by atoms with E-state index in [1.54, 1.807) is 27.7 Å². The van der Waals surface area contributed by atoms with E-state index in [1.807, 2.05) is 4.72 Å². The van der Waals surface area contributed by atoms with Crippen molar-refractivity contribution >= 4 is 68.1 Å². The second kappa shape index (κ2) is 16.8. The molecule has 4 aromatic rings. The van der Waals surface area contributed by atoms with Gasteiger partial charge in [-0.15, -0.1) is 0 Å². The monoisotopic (exact) mass is 793 g/mol. The number of fused-ring (bicyclic) bond motifs is 1. The van der Waals surface area contributed by atoms with Crippen LogP contribution in [-0.4, -0.2) is 85.5 Å². The molecular weight excluding hydrogens is 754 g/mol. The first-order valence-electron chi connectivity index (χ1n) is 17.4. The normalized spacial score (nSPS) is 15.4. The van der Waals surface area contributed by atoms with Gasteiger partial charge in [0.05, 0.1) is 23.6 Å². The second-order valence-electron chi connectivity index (χ2n) is 13.6. The van der Waals surface area contributed by atoms with Crippen LogP contribution in [0.3, 0.4) is 0 Å². The zero-order chi connectivity index (χ0) is 40.2. The summed E-state index contributed by atoms with van der Waals surface area (Å²) in [5.41, 5.74) is 0.811. The van der Waals surface area contributed by atoms with Crippen molar-refractivity contribution < 1.29 is 46.3 Å². The van der Waals surface area contributed by atoms with Crippen LogP contribution in [0.15, 0.2) is 76.0 Å². The van der Waals surface area contributed by atoms with Crippen LogP contribution in [0.1, 0.15) is 82.3 Å². The van der Waals surface area contributed by atoms with Gasteiger partial charge < -0.3 is 24.7 Å². The number of amides is 4. The highest BCUT2D eigenvalue weighted by molar-refractivity contribution is 7.90. The number of hydrogen-bond donors (Lipinski definition) is 3. The lowest BCUT2D eigenvalue weighted by Crippen LogP contribution is -2.57. The maximum Gasteiger partial charge on any atom is 0.337 e. The van der Waals surface area contributed by atoms with Gasteiger partial charge in [0.25, 0.3) is 27.7 Å². The zero-order valence-corrected chi connectivity index (χ0v) is 32.2. The van der Waals surface area contributed by atoms with E-state index < -0.39 is 75.4 Å². The van der Waals surface area contributed by atoms with E-state index in [0.717, 1.165) is 0 Å². The van der Waals surface area contributed by atoms with Gasteiger partial charge in [0.1, 0.15) is 17.6 Å². The van der Waals surface area contributed by atoms with Gasteiger partial charge in [-0.2, -0.15) is 0 Å². The fourth-order valence-electron chi connectivity index (χ4n) is 6.04.